The van der Waals surface area contributed by atoms with Crippen LogP contribution in [-0.4, -0.2) is 25.4 Å². The number of carbonyl (C=O) groups is 1. The van der Waals surface area contributed by atoms with Crippen LogP contribution < -0.4 is 14.8 Å². The number of methoxy groups -OCH3 is 2. The summed E-state index contributed by atoms with van der Waals surface area (Å²) in [6.07, 6.45) is 0.361. The Balaban J connectivity index is 1.99. The van der Waals surface area contributed by atoms with Crippen LogP contribution in [0, 0.1) is 11.3 Å². The molecule has 0 aromatic heterocycles. The van der Waals surface area contributed by atoms with Crippen molar-refractivity contribution in [2.45, 2.75) is 23.5 Å². The molecule has 5 nitrogen and oxygen atoms in total. The van der Waals surface area contributed by atoms with E-state index in [-0.39, 0.29) is 11.2 Å². The second-order valence-electron chi connectivity index (χ2n) is 5.30. The van der Waals surface area contributed by atoms with E-state index in [2.05, 4.69) is 11.4 Å². The van der Waals surface area contributed by atoms with E-state index in [0.717, 1.165) is 10.5 Å². The van der Waals surface area contributed by atoms with Gasteiger partial charge >= 0.3 is 0 Å². The Kier molecular flexibility index (Phi) is 6.72. The number of hydrogen-bond donors (Lipinski definition) is 1. The van der Waals surface area contributed by atoms with Crippen LogP contribution >= 0.6 is 11.8 Å². The topological polar surface area (TPSA) is 71.3 Å². The van der Waals surface area contributed by atoms with E-state index in [1.165, 1.54) is 11.8 Å². The number of thioether (sulfide) groups is 1. The number of hydrogen-bond acceptors (Lipinski definition) is 5. The molecule has 0 unspecified atom stereocenters. The molecular weight excluding hydrogens is 336 g/mol. The molecule has 0 spiro atoms. The maximum Gasteiger partial charge on any atom is 0.237 e. The van der Waals surface area contributed by atoms with Crippen LogP contribution in [0.25, 0.3) is 0 Å². The first-order chi connectivity index (χ1) is 12.1. The zero-order valence-corrected chi connectivity index (χ0v) is 15.2. The lowest BCUT2D eigenvalue weighted by Crippen LogP contribution is -2.22. The Morgan fingerprint density at radius 3 is 2.44 bits per heavy atom. The van der Waals surface area contributed by atoms with Gasteiger partial charge in [0.2, 0.25) is 5.91 Å². The lowest BCUT2D eigenvalue weighted by Gasteiger charge is -2.14. The summed E-state index contributed by atoms with van der Waals surface area (Å²) < 4.78 is 10.5. The van der Waals surface area contributed by atoms with E-state index >= 15 is 0 Å². The number of anilines is 1. The maximum atomic E-state index is 12.4. The summed E-state index contributed by atoms with van der Waals surface area (Å²) in [4.78, 5) is 13.3. The van der Waals surface area contributed by atoms with Crippen LogP contribution in [0.5, 0.6) is 11.5 Å². The molecule has 2 aromatic rings. The van der Waals surface area contributed by atoms with Crippen LogP contribution in [0.3, 0.4) is 0 Å². The third kappa shape index (κ3) is 5.16. The molecule has 0 radical (unpaired) electrons. The van der Waals surface area contributed by atoms with E-state index in [9.17, 15) is 4.79 Å². The predicted octanol–water partition coefficient (Wildman–Crippen LogP) is 3.89. The van der Waals surface area contributed by atoms with Crippen LogP contribution in [0.4, 0.5) is 5.69 Å². The summed E-state index contributed by atoms with van der Waals surface area (Å²) in [5.41, 5.74) is 1.64. The van der Waals surface area contributed by atoms with Crippen molar-refractivity contribution in [3.8, 4) is 17.6 Å². The predicted molar refractivity (Wildman–Crippen MR) is 99.3 cm³/mol. The highest BCUT2D eigenvalue weighted by atomic mass is 32.2. The molecule has 0 bridgehead atoms. The maximum absolute atomic E-state index is 12.4. The molecule has 0 aliphatic rings. The molecule has 6 heteroatoms. The second kappa shape index (κ2) is 9.00. The number of nitrogens with one attached hydrogen (secondary N) is 1. The van der Waals surface area contributed by atoms with E-state index in [4.69, 9.17) is 14.7 Å². The molecule has 130 valence electrons. The van der Waals surface area contributed by atoms with Gasteiger partial charge in [0.1, 0.15) is 0 Å². The summed E-state index contributed by atoms with van der Waals surface area (Å²) >= 11 is 1.44. The Hall–Kier alpha value is -2.65. The van der Waals surface area contributed by atoms with E-state index in [0.29, 0.717) is 23.6 Å². The first kappa shape index (κ1) is 18.7. The van der Waals surface area contributed by atoms with Crippen molar-refractivity contribution in [1.29, 1.82) is 5.26 Å². The standard InChI is InChI=1S/C19H20N2O3S/c1-13(25-16-8-9-17(23-2)18(12-16)24-3)19(22)21-15-6-4-14(5-7-15)10-11-20/h4-9,12-13H,10H2,1-3H3,(H,21,22)/t13-/m0/s1. The molecular formula is C19H20N2O3S. The largest absolute Gasteiger partial charge is 0.493 e. The van der Waals surface area contributed by atoms with Crippen molar-refractivity contribution in [1.82, 2.24) is 0 Å². The molecule has 1 amide bonds. The number of nitriles is 1. The Labute approximate surface area is 151 Å². The van der Waals surface area contributed by atoms with E-state index in [1.807, 2.05) is 37.3 Å². The van der Waals surface area contributed by atoms with Crippen LogP contribution in [-0.2, 0) is 11.2 Å². The van der Waals surface area contributed by atoms with Gasteiger partial charge in [0.25, 0.3) is 0 Å². The van der Waals surface area contributed by atoms with Gasteiger partial charge in [-0.3, -0.25) is 4.79 Å². The third-order valence-electron chi connectivity index (χ3n) is 3.54. The highest BCUT2D eigenvalue weighted by Crippen LogP contribution is 2.33. The summed E-state index contributed by atoms with van der Waals surface area (Å²) in [5.74, 6) is 1.20. The lowest BCUT2D eigenvalue weighted by molar-refractivity contribution is -0.115. The van der Waals surface area contributed by atoms with Crippen molar-refractivity contribution in [2.75, 3.05) is 19.5 Å². The molecule has 2 rings (SSSR count). The number of carbonyl (C=O) groups excluding carboxylic acids is 1. The molecule has 0 aliphatic heterocycles. The van der Waals surface area contributed by atoms with Gasteiger partial charge in [-0.05, 0) is 42.8 Å². The first-order valence-corrected chi connectivity index (χ1v) is 8.60. The fraction of sp³-hybridized carbons (Fsp3) is 0.263. The second-order valence-corrected chi connectivity index (χ2v) is 6.71. The van der Waals surface area contributed by atoms with Crippen molar-refractivity contribution in [2.24, 2.45) is 0 Å². The lowest BCUT2D eigenvalue weighted by atomic mass is 10.1. The number of rotatable bonds is 7. The molecule has 1 N–H and O–H groups in total. The SMILES string of the molecule is COc1ccc(S[C@@H](C)C(=O)Nc2ccc(CC#N)cc2)cc1OC. The summed E-state index contributed by atoms with van der Waals surface area (Å²) in [5, 5.41) is 11.3. The van der Waals surface area contributed by atoms with Crippen molar-refractivity contribution in [3.63, 3.8) is 0 Å². The van der Waals surface area contributed by atoms with Crippen LogP contribution in [0.2, 0.25) is 0 Å². The quantitative estimate of drug-likeness (QED) is 0.762. The average molecular weight is 356 g/mol. The van der Waals surface area contributed by atoms with Crippen molar-refractivity contribution < 1.29 is 14.3 Å². The Morgan fingerprint density at radius 2 is 1.84 bits per heavy atom. The third-order valence-corrected chi connectivity index (χ3v) is 4.64. The van der Waals surface area contributed by atoms with Gasteiger partial charge < -0.3 is 14.8 Å². The monoisotopic (exact) mass is 356 g/mol. The number of amides is 1. The zero-order chi connectivity index (χ0) is 18.2. The molecule has 25 heavy (non-hydrogen) atoms. The minimum Gasteiger partial charge on any atom is -0.493 e. The fourth-order valence-electron chi connectivity index (χ4n) is 2.19. The molecule has 0 saturated heterocycles. The molecule has 0 aliphatic carbocycles. The van der Waals surface area contributed by atoms with E-state index in [1.54, 1.807) is 26.4 Å². The van der Waals surface area contributed by atoms with Gasteiger partial charge in [-0.25, -0.2) is 0 Å². The minimum absolute atomic E-state index is 0.0900. The zero-order valence-electron chi connectivity index (χ0n) is 14.4. The first-order valence-electron chi connectivity index (χ1n) is 7.72. The summed E-state index contributed by atoms with van der Waals surface area (Å²) in [6.45, 7) is 1.85. The Bertz CT molecular complexity index is 769. The summed E-state index contributed by atoms with van der Waals surface area (Å²) in [7, 11) is 3.17. The average Bonchev–Trinajstić information content (AvgIpc) is 2.63. The summed E-state index contributed by atoms with van der Waals surface area (Å²) in [6, 6.07) is 14.9. The molecule has 0 heterocycles. The molecule has 0 saturated carbocycles. The van der Waals surface area contributed by atoms with Crippen LogP contribution in [0.15, 0.2) is 47.4 Å². The smallest absolute Gasteiger partial charge is 0.237 e. The highest BCUT2D eigenvalue weighted by molar-refractivity contribution is 8.00. The van der Waals surface area contributed by atoms with Gasteiger partial charge in [0.15, 0.2) is 11.5 Å². The highest BCUT2D eigenvalue weighted by Gasteiger charge is 2.16. The van der Waals surface area contributed by atoms with Gasteiger partial charge in [-0.15, -0.1) is 11.8 Å². The van der Waals surface area contributed by atoms with Crippen LogP contribution in [0.1, 0.15) is 12.5 Å². The van der Waals surface area contributed by atoms with Crippen molar-refractivity contribution >= 4 is 23.4 Å². The van der Waals surface area contributed by atoms with Crippen molar-refractivity contribution in [3.05, 3.63) is 48.0 Å². The van der Waals surface area contributed by atoms with Gasteiger partial charge in [-0.2, -0.15) is 5.26 Å². The molecule has 2 aromatic carbocycles. The fourth-order valence-corrected chi connectivity index (χ4v) is 3.08. The number of ether oxygens (including phenoxy) is 2. The molecule has 0 fully saturated rings. The van der Waals surface area contributed by atoms with Gasteiger partial charge in [0, 0.05) is 10.6 Å². The number of benzene rings is 2. The molecule has 1 atom stereocenters. The van der Waals surface area contributed by atoms with Gasteiger partial charge in [0.05, 0.1) is 32.0 Å². The van der Waals surface area contributed by atoms with E-state index < -0.39 is 0 Å². The Morgan fingerprint density at radius 1 is 1.16 bits per heavy atom. The number of nitrogens with zero attached hydrogens (tertiary/aromatic N) is 1. The van der Waals surface area contributed by atoms with Gasteiger partial charge in [-0.1, -0.05) is 12.1 Å². The normalized spacial score (nSPS) is 11.3. The minimum atomic E-state index is -0.281.